The first-order valence-electron chi connectivity index (χ1n) is 10.0. The lowest BCUT2D eigenvalue weighted by Crippen LogP contribution is -2.41. The minimum atomic E-state index is 0.748. The Kier molecular flexibility index (Phi) is 6.95. The maximum absolute atomic E-state index is 4.34. The second kappa shape index (κ2) is 9.62. The Hall–Kier alpha value is -2.01. The molecule has 0 aliphatic carbocycles. The number of hydrogen-bond acceptors (Lipinski definition) is 2. The SMILES string of the molecule is CN=C(NCCCN1CCCCC1C)NCCc1c[nH]c2ccccc12. The summed E-state index contributed by atoms with van der Waals surface area (Å²) in [7, 11) is 1.84. The van der Waals surface area contributed by atoms with Gasteiger partial charge < -0.3 is 20.5 Å². The molecule has 2 heterocycles. The first-order valence-corrected chi connectivity index (χ1v) is 10.0. The summed E-state index contributed by atoms with van der Waals surface area (Å²) >= 11 is 0. The molecular weight excluding hydrogens is 322 g/mol. The average molecular weight is 356 g/mol. The van der Waals surface area contributed by atoms with Gasteiger partial charge in [0.05, 0.1) is 0 Å². The van der Waals surface area contributed by atoms with Crippen LogP contribution in [-0.4, -0.2) is 55.1 Å². The number of fused-ring (bicyclic) bond motifs is 1. The number of para-hydroxylation sites is 1. The van der Waals surface area contributed by atoms with Crippen molar-refractivity contribution in [2.75, 3.05) is 33.2 Å². The maximum Gasteiger partial charge on any atom is 0.190 e. The van der Waals surface area contributed by atoms with Gasteiger partial charge in [0.25, 0.3) is 0 Å². The van der Waals surface area contributed by atoms with E-state index in [1.807, 2.05) is 7.05 Å². The van der Waals surface area contributed by atoms with Gasteiger partial charge in [-0.25, -0.2) is 0 Å². The zero-order chi connectivity index (χ0) is 18.2. The molecule has 1 aromatic heterocycles. The molecule has 0 radical (unpaired) electrons. The summed E-state index contributed by atoms with van der Waals surface area (Å²) < 4.78 is 0. The van der Waals surface area contributed by atoms with E-state index in [9.17, 15) is 0 Å². The minimum Gasteiger partial charge on any atom is -0.361 e. The third-order valence-electron chi connectivity index (χ3n) is 5.44. The van der Waals surface area contributed by atoms with Crippen LogP contribution in [0.3, 0.4) is 0 Å². The van der Waals surface area contributed by atoms with Crippen molar-refractivity contribution in [1.29, 1.82) is 0 Å². The number of nitrogens with zero attached hydrogens (tertiary/aromatic N) is 2. The number of likely N-dealkylation sites (tertiary alicyclic amines) is 1. The summed E-state index contributed by atoms with van der Waals surface area (Å²) in [4.78, 5) is 10.3. The van der Waals surface area contributed by atoms with E-state index in [-0.39, 0.29) is 0 Å². The molecule has 26 heavy (non-hydrogen) atoms. The molecule has 1 aliphatic heterocycles. The van der Waals surface area contributed by atoms with Gasteiger partial charge in [0, 0.05) is 49.8 Å². The molecule has 3 N–H and O–H groups in total. The summed E-state index contributed by atoms with van der Waals surface area (Å²) in [6.07, 6.45) is 8.36. The summed E-state index contributed by atoms with van der Waals surface area (Å²) in [5.41, 5.74) is 2.56. The molecule has 1 aliphatic rings. The number of hydrogen-bond donors (Lipinski definition) is 3. The van der Waals surface area contributed by atoms with Crippen molar-refractivity contribution in [2.24, 2.45) is 4.99 Å². The molecule has 142 valence electrons. The van der Waals surface area contributed by atoms with Gasteiger partial charge in [-0.2, -0.15) is 0 Å². The van der Waals surface area contributed by atoms with Crippen molar-refractivity contribution in [1.82, 2.24) is 20.5 Å². The van der Waals surface area contributed by atoms with E-state index < -0.39 is 0 Å². The van der Waals surface area contributed by atoms with Crippen LogP contribution in [0.4, 0.5) is 0 Å². The van der Waals surface area contributed by atoms with Crippen molar-refractivity contribution >= 4 is 16.9 Å². The fourth-order valence-electron chi connectivity index (χ4n) is 3.85. The van der Waals surface area contributed by atoms with Crippen molar-refractivity contribution in [2.45, 2.75) is 45.1 Å². The minimum absolute atomic E-state index is 0.748. The van der Waals surface area contributed by atoms with Crippen LogP contribution in [0.1, 0.15) is 38.2 Å². The average Bonchev–Trinajstić information content (AvgIpc) is 3.08. The first kappa shape index (κ1) is 18.8. The van der Waals surface area contributed by atoms with Crippen molar-refractivity contribution in [3.8, 4) is 0 Å². The van der Waals surface area contributed by atoms with Crippen molar-refractivity contribution in [3.05, 3.63) is 36.0 Å². The van der Waals surface area contributed by atoms with E-state index in [1.54, 1.807) is 0 Å². The van der Waals surface area contributed by atoms with E-state index in [2.05, 4.69) is 62.9 Å². The molecule has 1 aromatic carbocycles. The van der Waals surface area contributed by atoms with Crippen molar-refractivity contribution in [3.63, 3.8) is 0 Å². The van der Waals surface area contributed by atoms with Crippen LogP contribution in [0.15, 0.2) is 35.5 Å². The van der Waals surface area contributed by atoms with Crippen LogP contribution in [0.5, 0.6) is 0 Å². The standard InChI is InChI=1S/C21H33N5/c1-17-8-5-6-14-26(17)15-7-12-23-21(22-2)24-13-11-18-16-25-20-10-4-3-9-19(18)20/h3-4,9-10,16-17,25H,5-8,11-15H2,1-2H3,(H2,22,23,24). The molecule has 5 heteroatoms. The predicted molar refractivity (Wildman–Crippen MR) is 111 cm³/mol. The lowest BCUT2D eigenvalue weighted by Gasteiger charge is -2.33. The first-order chi connectivity index (χ1) is 12.8. The van der Waals surface area contributed by atoms with Crippen LogP contribution in [0.25, 0.3) is 10.9 Å². The number of aliphatic imine (C=N–C) groups is 1. The molecule has 1 unspecified atom stereocenters. The van der Waals surface area contributed by atoms with Crippen LogP contribution in [0, 0.1) is 0 Å². The van der Waals surface area contributed by atoms with Gasteiger partial charge in [-0.15, -0.1) is 0 Å². The molecule has 3 rings (SSSR count). The Balaban J connectivity index is 1.35. The van der Waals surface area contributed by atoms with Crippen LogP contribution >= 0.6 is 0 Å². The van der Waals surface area contributed by atoms with Gasteiger partial charge in [-0.1, -0.05) is 24.6 Å². The topological polar surface area (TPSA) is 55.5 Å². The lowest BCUT2D eigenvalue weighted by molar-refractivity contribution is 0.159. The molecule has 2 aromatic rings. The zero-order valence-electron chi connectivity index (χ0n) is 16.2. The number of benzene rings is 1. The molecule has 0 amide bonds. The third kappa shape index (κ3) is 5.01. The predicted octanol–water partition coefficient (Wildman–Crippen LogP) is 3.14. The number of aromatic amines is 1. The van der Waals surface area contributed by atoms with Gasteiger partial charge in [0.1, 0.15) is 0 Å². The van der Waals surface area contributed by atoms with E-state index in [0.29, 0.717) is 0 Å². The van der Waals surface area contributed by atoms with Crippen LogP contribution < -0.4 is 10.6 Å². The van der Waals surface area contributed by atoms with E-state index >= 15 is 0 Å². The Labute approximate surface area is 157 Å². The second-order valence-corrected chi connectivity index (χ2v) is 7.27. The molecule has 1 atom stereocenters. The third-order valence-corrected chi connectivity index (χ3v) is 5.44. The summed E-state index contributed by atoms with van der Waals surface area (Å²) in [5.74, 6) is 0.900. The zero-order valence-corrected chi connectivity index (χ0v) is 16.2. The molecule has 0 saturated carbocycles. The molecule has 0 spiro atoms. The number of piperidine rings is 1. The second-order valence-electron chi connectivity index (χ2n) is 7.27. The number of aromatic nitrogens is 1. The summed E-state index contributed by atoms with van der Waals surface area (Å²) in [6, 6.07) is 9.21. The van der Waals surface area contributed by atoms with E-state index in [4.69, 9.17) is 0 Å². The Morgan fingerprint density at radius 3 is 2.92 bits per heavy atom. The normalized spacial score (nSPS) is 19.0. The van der Waals surface area contributed by atoms with Gasteiger partial charge >= 0.3 is 0 Å². The quantitative estimate of drug-likeness (QED) is 0.406. The van der Waals surface area contributed by atoms with Gasteiger partial charge in [0.2, 0.25) is 0 Å². The Morgan fingerprint density at radius 2 is 2.08 bits per heavy atom. The van der Waals surface area contributed by atoms with Gasteiger partial charge in [-0.05, 0) is 50.8 Å². The molecule has 5 nitrogen and oxygen atoms in total. The number of guanidine groups is 1. The fraction of sp³-hybridized carbons (Fsp3) is 0.571. The van der Waals surface area contributed by atoms with Gasteiger partial charge in [0.15, 0.2) is 5.96 Å². The Morgan fingerprint density at radius 1 is 1.23 bits per heavy atom. The summed E-state index contributed by atoms with van der Waals surface area (Å²) in [6.45, 7) is 6.65. The van der Waals surface area contributed by atoms with E-state index in [0.717, 1.165) is 37.9 Å². The Bertz CT molecular complexity index is 705. The smallest absolute Gasteiger partial charge is 0.190 e. The highest BCUT2D eigenvalue weighted by Gasteiger charge is 2.17. The maximum atomic E-state index is 4.34. The highest BCUT2D eigenvalue weighted by Crippen LogP contribution is 2.18. The molecular formula is C21H33N5. The lowest BCUT2D eigenvalue weighted by atomic mass is 10.0. The molecule has 0 bridgehead atoms. The van der Waals surface area contributed by atoms with Crippen LogP contribution in [0.2, 0.25) is 0 Å². The van der Waals surface area contributed by atoms with Crippen molar-refractivity contribution < 1.29 is 0 Å². The largest absolute Gasteiger partial charge is 0.361 e. The highest BCUT2D eigenvalue weighted by molar-refractivity contribution is 5.83. The molecule has 1 fully saturated rings. The van der Waals surface area contributed by atoms with E-state index in [1.165, 1.54) is 48.8 Å². The number of nitrogens with one attached hydrogen (secondary N) is 3. The van der Waals surface area contributed by atoms with Gasteiger partial charge in [-0.3, -0.25) is 4.99 Å². The number of H-pyrrole nitrogens is 1. The molecule has 1 saturated heterocycles. The van der Waals surface area contributed by atoms with Crippen LogP contribution in [-0.2, 0) is 6.42 Å². The highest BCUT2D eigenvalue weighted by atomic mass is 15.2. The summed E-state index contributed by atoms with van der Waals surface area (Å²) in [5, 5.41) is 8.19. The fourth-order valence-corrected chi connectivity index (χ4v) is 3.85. The number of rotatable bonds is 7. The monoisotopic (exact) mass is 355 g/mol.